The zero-order valence-electron chi connectivity index (χ0n) is 11.6. The van der Waals surface area contributed by atoms with Gasteiger partial charge in [-0.25, -0.2) is 4.39 Å². The van der Waals surface area contributed by atoms with Gasteiger partial charge in [0.15, 0.2) is 0 Å². The minimum atomic E-state index is -0.163. The third-order valence-electron chi connectivity index (χ3n) is 2.92. The zero-order chi connectivity index (χ0) is 13.4. The molecule has 0 heterocycles. The molecule has 0 radical (unpaired) electrons. The van der Waals surface area contributed by atoms with Crippen LogP contribution in [0, 0.1) is 5.82 Å². The fourth-order valence-corrected chi connectivity index (χ4v) is 2.82. The number of hydrogen-bond acceptors (Lipinski definition) is 2. The molecular weight excluding hydrogens is 245 g/mol. The van der Waals surface area contributed by atoms with Crippen molar-refractivity contribution in [2.75, 3.05) is 11.5 Å². The summed E-state index contributed by atoms with van der Waals surface area (Å²) in [5.74, 6) is 2.25. The lowest BCUT2D eigenvalue weighted by Crippen LogP contribution is -2.36. The van der Waals surface area contributed by atoms with Gasteiger partial charge in [-0.05, 0) is 55.9 Å². The highest BCUT2D eigenvalue weighted by molar-refractivity contribution is 7.99. The highest BCUT2D eigenvalue weighted by Gasteiger charge is 2.08. The third-order valence-corrected chi connectivity index (χ3v) is 3.86. The molecule has 0 saturated carbocycles. The molecule has 0 aromatic heterocycles. The van der Waals surface area contributed by atoms with Crippen LogP contribution >= 0.6 is 11.8 Å². The van der Waals surface area contributed by atoms with E-state index in [1.54, 1.807) is 0 Å². The summed E-state index contributed by atoms with van der Waals surface area (Å²) in [6, 6.07) is 7.76. The first kappa shape index (κ1) is 15.5. The first-order valence-corrected chi connectivity index (χ1v) is 7.85. The molecule has 0 spiro atoms. The van der Waals surface area contributed by atoms with Crippen molar-refractivity contribution >= 4 is 11.8 Å². The van der Waals surface area contributed by atoms with Crippen molar-refractivity contribution in [3.05, 3.63) is 35.6 Å². The molecule has 1 aromatic rings. The molecule has 0 bridgehead atoms. The van der Waals surface area contributed by atoms with Crippen molar-refractivity contribution in [1.29, 1.82) is 0 Å². The number of thioether (sulfide) groups is 1. The van der Waals surface area contributed by atoms with E-state index in [1.165, 1.54) is 35.6 Å². The van der Waals surface area contributed by atoms with Gasteiger partial charge >= 0.3 is 0 Å². The number of rotatable bonds is 8. The summed E-state index contributed by atoms with van der Waals surface area (Å²) >= 11 is 1.99. The van der Waals surface area contributed by atoms with Crippen LogP contribution in [0.2, 0.25) is 0 Å². The molecule has 0 aliphatic rings. The van der Waals surface area contributed by atoms with Gasteiger partial charge in [0.1, 0.15) is 5.82 Å². The number of nitrogens with one attached hydrogen (secondary N) is 1. The topological polar surface area (TPSA) is 12.0 Å². The molecule has 18 heavy (non-hydrogen) atoms. The molecule has 0 aliphatic carbocycles. The summed E-state index contributed by atoms with van der Waals surface area (Å²) in [6.45, 7) is 6.62. The maximum atomic E-state index is 12.8. The Labute approximate surface area is 115 Å². The summed E-state index contributed by atoms with van der Waals surface area (Å²) < 4.78 is 12.8. The maximum Gasteiger partial charge on any atom is 0.123 e. The summed E-state index contributed by atoms with van der Waals surface area (Å²) in [5, 5.41) is 3.59. The Morgan fingerprint density at radius 3 is 2.44 bits per heavy atom. The van der Waals surface area contributed by atoms with E-state index in [0.29, 0.717) is 12.1 Å². The molecule has 102 valence electrons. The number of benzene rings is 1. The minimum absolute atomic E-state index is 0.163. The standard InChI is InChI=1S/C15H24FNS/c1-4-18-10-9-12(2)17-13(3)11-14-5-7-15(16)8-6-14/h5-8,12-13,17H,4,9-11H2,1-3H3. The van der Waals surface area contributed by atoms with Gasteiger partial charge in [-0.2, -0.15) is 11.8 Å². The molecule has 1 nitrogen and oxygen atoms in total. The van der Waals surface area contributed by atoms with E-state index >= 15 is 0 Å². The van der Waals surface area contributed by atoms with E-state index in [1.807, 2.05) is 23.9 Å². The van der Waals surface area contributed by atoms with Crippen molar-refractivity contribution in [2.45, 2.75) is 45.7 Å². The number of hydrogen-bond donors (Lipinski definition) is 1. The highest BCUT2D eigenvalue weighted by atomic mass is 32.2. The first-order chi connectivity index (χ1) is 8.61. The van der Waals surface area contributed by atoms with Crippen molar-refractivity contribution in [2.24, 2.45) is 0 Å². The van der Waals surface area contributed by atoms with Gasteiger partial charge in [-0.15, -0.1) is 0 Å². The number of halogens is 1. The SMILES string of the molecule is CCSCCC(C)NC(C)Cc1ccc(F)cc1. The normalized spacial score (nSPS) is 14.4. The van der Waals surface area contributed by atoms with Gasteiger partial charge in [0, 0.05) is 12.1 Å². The largest absolute Gasteiger partial charge is 0.311 e. The minimum Gasteiger partial charge on any atom is -0.311 e. The van der Waals surface area contributed by atoms with Crippen molar-refractivity contribution in [3.8, 4) is 0 Å². The molecular formula is C15H24FNS. The fraction of sp³-hybridized carbons (Fsp3) is 0.600. The van der Waals surface area contributed by atoms with Crippen molar-refractivity contribution in [1.82, 2.24) is 5.32 Å². The van der Waals surface area contributed by atoms with Crippen LogP contribution in [-0.2, 0) is 6.42 Å². The monoisotopic (exact) mass is 269 g/mol. The second-order valence-corrected chi connectivity index (χ2v) is 6.18. The molecule has 1 N–H and O–H groups in total. The molecule has 0 aliphatic heterocycles. The third kappa shape index (κ3) is 6.41. The lowest BCUT2D eigenvalue weighted by molar-refractivity contribution is 0.457. The van der Waals surface area contributed by atoms with E-state index in [4.69, 9.17) is 0 Å². The van der Waals surface area contributed by atoms with E-state index < -0.39 is 0 Å². The van der Waals surface area contributed by atoms with E-state index in [0.717, 1.165) is 6.42 Å². The molecule has 0 saturated heterocycles. The lowest BCUT2D eigenvalue weighted by atomic mass is 10.1. The Kier molecular flexibility index (Phi) is 7.36. The van der Waals surface area contributed by atoms with Gasteiger partial charge in [-0.3, -0.25) is 0 Å². The Bertz CT molecular complexity index is 326. The Morgan fingerprint density at radius 2 is 1.83 bits per heavy atom. The summed E-state index contributed by atoms with van der Waals surface area (Å²) in [4.78, 5) is 0. The Hall–Kier alpha value is -0.540. The Morgan fingerprint density at radius 1 is 1.17 bits per heavy atom. The van der Waals surface area contributed by atoms with Crippen LogP contribution in [0.4, 0.5) is 4.39 Å². The second-order valence-electron chi connectivity index (χ2n) is 4.78. The highest BCUT2D eigenvalue weighted by Crippen LogP contribution is 2.08. The molecule has 3 heteroatoms. The molecule has 0 amide bonds. The van der Waals surface area contributed by atoms with Crippen LogP contribution in [-0.4, -0.2) is 23.6 Å². The second kappa shape index (κ2) is 8.54. The van der Waals surface area contributed by atoms with Gasteiger partial charge in [0.05, 0.1) is 0 Å². The van der Waals surface area contributed by atoms with Gasteiger partial charge in [-0.1, -0.05) is 19.1 Å². The predicted molar refractivity (Wildman–Crippen MR) is 79.8 cm³/mol. The first-order valence-electron chi connectivity index (χ1n) is 6.70. The lowest BCUT2D eigenvalue weighted by Gasteiger charge is -2.20. The average Bonchev–Trinajstić information content (AvgIpc) is 2.32. The van der Waals surface area contributed by atoms with Crippen LogP contribution < -0.4 is 5.32 Å². The van der Waals surface area contributed by atoms with Crippen LogP contribution in [0.1, 0.15) is 32.8 Å². The van der Waals surface area contributed by atoms with Crippen LogP contribution in [0.25, 0.3) is 0 Å². The quantitative estimate of drug-likeness (QED) is 0.719. The zero-order valence-corrected chi connectivity index (χ0v) is 12.4. The van der Waals surface area contributed by atoms with Crippen LogP contribution in [0.15, 0.2) is 24.3 Å². The van der Waals surface area contributed by atoms with E-state index in [2.05, 4.69) is 26.1 Å². The molecule has 1 rings (SSSR count). The van der Waals surface area contributed by atoms with Gasteiger partial charge in [0.25, 0.3) is 0 Å². The average molecular weight is 269 g/mol. The van der Waals surface area contributed by atoms with Gasteiger partial charge < -0.3 is 5.32 Å². The van der Waals surface area contributed by atoms with Crippen LogP contribution in [0.5, 0.6) is 0 Å². The van der Waals surface area contributed by atoms with Gasteiger partial charge in [0.2, 0.25) is 0 Å². The van der Waals surface area contributed by atoms with Crippen LogP contribution in [0.3, 0.4) is 0 Å². The summed E-state index contributed by atoms with van der Waals surface area (Å²) in [7, 11) is 0. The summed E-state index contributed by atoms with van der Waals surface area (Å²) in [6.07, 6.45) is 2.15. The molecule has 1 aromatic carbocycles. The maximum absolute atomic E-state index is 12.8. The predicted octanol–water partition coefficient (Wildman–Crippen LogP) is 3.88. The summed E-state index contributed by atoms with van der Waals surface area (Å²) in [5.41, 5.74) is 1.19. The molecule has 2 unspecified atom stereocenters. The smallest absolute Gasteiger partial charge is 0.123 e. The Balaban J connectivity index is 2.27. The fourth-order valence-electron chi connectivity index (χ4n) is 2.01. The van der Waals surface area contributed by atoms with Crippen molar-refractivity contribution < 1.29 is 4.39 Å². The van der Waals surface area contributed by atoms with E-state index in [-0.39, 0.29) is 5.82 Å². The molecule has 0 fully saturated rings. The molecule has 2 atom stereocenters. The van der Waals surface area contributed by atoms with Crippen molar-refractivity contribution in [3.63, 3.8) is 0 Å². The van der Waals surface area contributed by atoms with E-state index in [9.17, 15) is 4.39 Å².